The minimum Gasteiger partial charge on any atom is -0.294 e. The summed E-state index contributed by atoms with van der Waals surface area (Å²) in [7, 11) is 0. The summed E-state index contributed by atoms with van der Waals surface area (Å²) < 4.78 is 1.96. The summed E-state index contributed by atoms with van der Waals surface area (Å²) in [5.41, 5.74) is 0.842. The Morgan fingerprint density at radius 1 is 1.50 bits per heavy atom. The van der Waals surface area contributed by atoms with Crippen molar-refractivity contribution in [1.29, 1.82) is 0 Å². The Hall–Kier alpha value is 0.330. The number of rotatable bonds is 2. The Bertz CT molecular complexity index is 328. The Balaban J connectivity index is 2.31. The monoisotopic (exact) mass is 308 g/mol. The number of thiophene rings is 1. The van der Waals surface area contributed by atoms with Crippen LogP contribution in [0.2, 0.25) is 0 Å². The SMILES string of the molecule is O=C(c1cc(Br)sc1Br)C1CC1. The predicted molar refractivity (Wildman–Crippen MR) is 56.8 cm³/mol. The molecule has 1 aliphatic carbocycles. The van der Waals surface area contributed by atoms with Crippen molar-refractivity contribution in [2.45, 2.75) is 12.8 Å². The van der Waals surface area contributed by atoms with Gasteiger partial charge in [0.05, 0.1) is 7.57 Å². The van der Waals surface area contributed by atoms with Crippen LogP contribution in [-0.4, -0.2) is 5.78 Å². The number of halogens is 2. The Kier molecular flexibility index (Phi) is 2.40. The third-order valence-electron chi connectivity index (χ3n) is 1.87. The van der Waals surface area contributed by atoms with E-state index in [4.69, 9.17) is 0 Å². The molecule has 0 amide bonds. The van der Waals surface area contributed by atoms with Crippen molar-refractivity contribution in [3.05, 3.63) is 19.2 Å². The minimum atomic E-state index is 0.295. The van der Waals surface area contributed by atoms with Gasteiger partial charge in [-0.25, -0.2) is 0 Å². The molecule has 0 aliphatic heterocycles. The molecule has 0 saturated heterocycles. The van der Waals surface area contributed by atoms with Crippen molar-refractivity contribution >= 4 is 49.0 Å². The van der Waals surface area contributed by atoms with Gasteiger partial charge in [0, 0.05) is 11.5 Å². The summed E-state index contributed by atoms with van der Waals surface area (Å²) in [4.78, 5) is 11.6. The lowest BCUT2D eigenvalue weighted by Gasteiger charge is -1.93. The van der Waals surface area contributed by atoms with Crippen LogP contribution in [0, 0.1) is 5.92 Å². The van der Waals surface area contributed by atoms with Crippen molar-refractivity contribution in [3.8, 4) is 0 Å². The number of carbonyl (C=O) groups is 1. The van der Waals surface area contributed by atoms with Gasteiger partial charge in [0.25, 0.3) is 0 Å². The maximum absolute atomic E-state index is 11.6. The van der Waals surface area contributed by atoms with Gasteiger partial charge in [0.1, 0.15) is 0 Å². The number of hydrogen-bond acceptors (Lipinski definition) is 2. The summed E-state index contributed by atoms with van der Waals surface area (Å²) >= 11 is 8.29. The first-order valence-corrected chi connectivity index (χ1v) is 6.08. The van der Waals surface area contributed by atoms with E-state index in [1.165, 1.54) is 0 Å². The third kappa shape index (κ3) is 1.65. The van der Waals surface area contributed by atoms with Crippen LogP contribution in [0.5, 0.6) is 0 Å². The molecule has 0 N–H and O–H groups in total. The Morgan fingerprint density at radius 2 is 2.17 bits per heavy atom. The Morgan fingerprint density at radius 3 is 2.58 bits per heavy atom. The van der Waals surface area contributed by atoms with Crippen molar-refractivity contribution in [3.63, 3.8) is 0 Å². The van der Waals surface area contributed by atoms with Gasteiger partial charge in [-0.2, -0.15) is 0 Å². The molecule has 1 aliphatic rings. The molecular formula is C8H6Br2OS. The van der Waals surface area contributed by atoms with Gasteiger partial charge in [-0.1, -0.05) is 0 Å². The topological polar surface area (TPSA) is 17.1 Å². The van der Waals surface area contributed by atoms with Gasteiger partial charge in [0.2, 0.25) is 0 Å². The molecule has 0 radical (unpaired) electrons. The molecule has 0 aromatic carbocycles. The smallest absolute Gasteiger partial charge is 0.167 e. The normalized spacial score (nSPS) is 16.5. The average Bonchev–Trinajstić information content (AvgIpc) is 2.77. The fourth-order valence-electron chi connectivity index (χ4n) is 1.07. The summed E-state index contributed by atoms with van der Waals surface area (Å²) in [6.07, 6.45) is 2.14. The lowest BCUT2D eigenvalue weighted by Crippen LogP contribution is -1.99. The van der Waals surface area contributed by atoms with Crippen LogP contribution in [0.4, 0.5) is 0 Å². The van der Waals surface area contributed by atoms with Crippen LogP contribution in [0.1, 0.15) is 23.2 Å². The first-order valence-electron chi connectivity index (χ1n) is 3.67. The fourth-order valence-corrected chi connectivity index (χ4v) is 3.89. The molecule has 1 fully saturated rings. The molecule has 1 aromatic heterocycles. The van der Waals surface area contributed by atoms with Crippen LogP contribution < -0.4 is 0 Å². The highest BCUT2D eigenvalue weighted by molar-refractivity contribution is 9.12. The lowest BCUT2D eigenvalue weighted by atomic mass is 10.1. The molecule has 0 spiro atoms. The van der Waals surface area contributed by atoms with Crippen molar-refractivity contribution in [2.24, 2.45) is 5.92 Å². The highest BCUT2D eigenvalue weighted by atomic mass is 79.9. The predicted octanol–water partition coefficient (Wildman–Crippen LogP) is 3.87. The van der Waals surface area contributed by atoms with Gasteiger partial charge in [-0.05, 0) is 50.8 Å². The fraction of sp³-hybridized carbons (Fsp3) is 0.375. The first kappa shape index (κ1) is 8.91. The zero-order valence-corrected chi connectivity index (χ0v) is 10.1. The van der Waals surface area contributed by atoms with Crippen molar-refractivity contribution < 1.29 is 4.79 Å². The summed E-state index contributed by atoms with van der Waals surface area (Å²) in [6, 6.07) is 1.90. The molecule has 1 saturated carbocycles. The zero-order chi connectivity index (χ0) is 8.72. The average molecular weight is 310 g/mol. The van der Waals surface area contributed by atoms with Crippen molar-refractivity contribution in [1.82, 2.24) is 0 Å². The minimum absolute atomic E-state index is 0.295. The molecule has 2 rings (SSSR count). The second kappa shape index (κ2) is 3.24. The molecule has 1 aromatic rings. The number of Topliss-reactive ketones (excluding diaryl/α,β-unsaturated/α-hetero) is 1. The van der Waals surface area contributed by atoms with Crippen LogP contribution >= 0.6 is 43.2 Å². The highest BCUT2D eigenvalue weighted by Crippen LogP contribution is 2.38. The van der Waals surface area contributed by atoms with Crippen LogP contribution in [-0.2, 0) is 0 Å². The van der Waals surface area contributed by atoms with E-state index >= 15 is 0 Å². The summed E-state index contributed by atoms with van der Waals surface area (Å²) in [5, 5.41) is 0. The van der Waals surface area contributed by atoms with E-state index in [9.17, 15) is 4.79 Å². The molecule has 12 heavy (non-hydrogen) atoms. The van der Waals surface area contributed by atoms with E-state index in [1.54, 1.807) is 11.3 Å². The van der Waals surface area contributed by atoms with Gasteiger partial charge in [0.15, 0.2) is 5.78 Å². The largest absolute Gasteiger partial charge is 0.294 e. The van der Waals surface area contributed by atoms with Crippen LogP contribution in [0.3, 0.4) is 0 Å². The Labute approximate surface area is 91.4 Å². The lowest BCUT2D eigenvalue weighted by molar-refractivity contribution is 0.0967. The van der Waals surface area contributed by atoms with Crippen molar-refractivity contribution in [2.75, 3.05) is 0 Å². The quantitative estimate of drug-likeness (QED) is 0.758. The van der Waals surface area contributed by atoms with Crippen LogP contribution in [0.15, 0.2) is 13.6 Å². The first-order chi connectivity index (χ1) is 5.68. The van der Waals surface area contributed by atoms with Gasteiger partial charge >= 0.3 is 0 Å². The second-order valence-electron chi connectivity index (χ2n) is 2.88. The van der Waals surface area contributed by atoms with E-state index in [0.29, 0.717) is 11.7 Å². The maximum atomic E-state index is 11.6. The van der Waals surface area contributed by atoms with E-state index < -0.39 is 0 Å². The molecule has 1 nitrogen and oxygen atoms in total. The molecular weight excluding hydrogens is 304 g/mol. The van der Waals surface area contributed by atoms with Crippen LogP contribution in [0.25, 0.3) is 0 Å². The molecule has 4 heteroatoms. The van der Waals surface area contributed by atoms with E-state index in [1.807, 2.05) is 6.07 Å². The number of ketones is 1. The summed E-state index contributed by atoms with van der Waals surface area (Å²) in [5.74, 6) is 0.603. The maximum Gasteiger partial charge on any atom is 0.167 e. The van der Waals surface area contributed by atoms with Gasteiger partial charge in [-0.15, -0.1) is 11.3 Å². The molecule has 1 heterocycles. The molecule has 0 atom stereocenters. The molecule has 0 bridgehead atoms. The number of hydrogen-bond donors (Lipinski definition) is 0. The van der Waals surface area contributed by atoms with E-state index in [0.717, 1.165) is 26.0 Å². The second-order valence-corrected chi connectivity index (χ2v) is 6.63. The standard InChI is InChI=1S/C8H6Br2OS/c9-6-3-5(8(10)12-6)7(11)4-1-2-4/h3-4H,1-2H2. The van der Waals surface area contributed by atoms with E-state index in [2.05, 4.69) is 31.9 Å². The van der Waals surface area contributed by atoms with Gasteiger partial charge < -0.3 is 0 Å². The molecule has 64 valence electrons. The highest BCUT2D eigenvalue weighted by Gasteiger charge is 2.32. The zero-order valence-electron chi connectivity index (χ0n) is 6.14. The number of carbonyl (C=O) groups excluding carboxylic acids is 1. The molecule has 0 unspecified atom stereocenters. The summed E-state index contributed by atoms with van der Waals surface area (Å²) in [6.45, 7) is 0. The van der Waals surface area contributed by atoms with Gasteiger partial charge in [-0.3, -0.25) is 4.79 Å². The third-order valence-corrected chi connectivity index (χ3v) is 4.21. The van der Waals surface area contributed by atoms with E-state index in [-0.39, 0.29) is 0 Å².